The maximum atomic E-state index is 14.1. The van der Waals surface area contributed by atoms with Gasteiger partial charge in [-0.25, -0.2) is 18.4 Å². The first kappa shape index (κ1) is 29.0. The molecule has 1 saturated heterocycles. The zero-order valence-electron chi connectivity index (χ0n) is 24.6. The smallest absolute Gasteiger partial charge is 0.419 e. The van der Waals surface area contributed by atoms with Crippen LogP contribution in [0.1, 0.15) is 79.5 Å². The molecule has 1 aromatic heterocycles. The van der Waals surface area contributed by atoms with Gasteiger partial charge in [0.2, 0.25) is 5.92 Å². The lowest BCUT2D eigenvalue weighted by molar-refractivity contribution is -0.186. The van der Waals surface area contributed by atoms with Crippen LogP contribution in [0.4, 0.5) is 13.6 Å². The van der Waals surface area contributed by atoms with E-state index >= 15 is 0 Å². The standard InChI is InChI=1S/C32H38F2N2O5/c1-20-15-26(39-5)24(23-11-13-36(27(20)23)29(38)41-30(2,3)4)17-35-14-12-31(18-32(33,34)19-31)16-25(35)21-7-9-22(10-8-21)28(37)40-6/h7-11,13,15,25H,12,14,16-19H2,1-6H3/t25-/m0/s1. The number of benzene rings is 2. The number of esters is 1. The van der Waals surface area contributed by atoms with Gasteiger partial charge in [0.15, 0.2) is 0 Å². The number of fused-ring (bicyclic) bond motifs is 1. The highest BCUT2D eigenvalue weighted by molar-refractivity contribution is 5.95. The number of aryl methyl sites for hydroxylation is 1. The summed E-state index contributed by atoms with van der Waals surface area (Å²) >= 11 is 0. The van der Waals surface area contributed by atoms with Crippen molar-refractivity contribution in [2.24, 2.45) is 5.41 Å². The number of likely N-dealkylation sites (tertiary alicyclic amines) is 1. The quantitative estimate of drug-likeness (QED) is 0.301. The molecule has 5 rings (SSSR count). The Morgan fingerprint density at radius 1 is 1.07 bits per heavy atom. The largest absolute Gasteiger partial charge is 0.496 e. The highest BCUT2D eigenvalue weighted by Gasteiger charge is 2.58. The summed E-state index contributed by atoms with van der Waals surface area (Å²) in [5, 5.41) is 0.878. The third kappa shape index (κ3) is 5.69. The van der Waals surface area contributed by atoms with E-state index in [1.807, 2.05) is 52.0 Å². The zero-order valence-corrected chi connectivity index (χ0v) is 24.6. The molecule has 3 aromatic rings. The summed E-state index contributed by atoms with van der Waals surface area (Å²) in [6, 6.07) is 10.9. The normalized spacial score (nSPS) is 20.0. The van der Waals surface area contributed by atoms with Gasteiger partial charge in [-0.05, 0) is 87.9 Å². The Hall–Kier alpha value is -3.46. The van der Waals surface area contributed by atoms with Crippen LogP contribution >= 0.6 is 0 Å². The molecule has 41 heavy (non-hydrogen) atoms. The number of ether oxygens (including phenoxy) is 3. The van der Waals surface area contributed by atoms with Gasteiger partial charge in [0.25, 0.3) is 0 Å². The monoisotopic (exact) mass is 568 g/mol. The number of nitrogens with zero attached hydrogens (tertiary/aromatic N) is 2. The predicted molar refractivity (Wildman–Crippen MR) is 152 cm³/mol. The lowest BCUT2D eigenvalue weighted by atomic mass is 9.59. The average molecular weight is 569 g/mol. The molecule has 0 bridgehead atoms. The van der Waals surface area contributed by atoms with Crippen molar-refractivity contribution in [2.45, 2.75) is 77.5 Å². The second kappa shape index (κ2) is 10.4. The van der Waals surface area contributed by atoms with Gasteiger partial charge in [0.1, 0.15) is 11.4 Å². The topological polar surface area (TPSA) is 70.0 Å². The van der Waals surface area contributed by atoms with Crippen molar-refractivity contribution in [1.82, 2.24) is 9.47 Å². The van der Waals surface area contributed by atoms with Crippen molar-refractivity contribution in [2.75, 3.05) is 20.8 Å². The van der Waals surface area contributed by atoms with Gasteiger partial charge in [-0.3, -0.25) is 9.47 Å². The summed E-state index contributed by atoms with van der Waals surface area (Å²) < 4.78 is 46.0. The molecule has 9 heteroatoms. The van der Waals surface area contributed by atoms with Gasteiger partial charge in [0, 0.05) is 42.6 Å². The molecule has 1 aliphatic heterocycles. The Balaban J connectivity index is 1.52. The zero-order chi connectivity index (χ0) is 29.7. The lowest BCUT2D eigenvalue weighted by Crippen LogP contribution is -2.53. The number of carbonyl (C=O) groups excluding carboxylic acids is 2. The van der Waals surface area contributed by atoms with Crippen molar-refractivity contribution in [3.63, 3.8) is 0 Å². The minimum absolute atomic E-state index is 0.0958. The number of hydrogen-bond donors (Lipinski definition) is 0. The summed E-state index contributed by atoms with van der Waals surface area (Å²) in [5.41, 5.74) is 2.89. The molecule has 2 aliphatic rings. The second-order valence-electron chi connectivity index (χ2n) is 12.6. The van der Waals surface area contributed by atoms with Gasteiger partial charge in [-0.15, -0.1) is 0 Å². The van der Waals surface area contributed by atoms with E-state index in [2.05, 4.69) is 4.90 Å². The van der Waals surface area contributed by atoms with Crippen molar-refractivity contribution in [1.29, 1.82) is 0 Å². The summed E-state index contributed by atoms with van der Waals surface area (Å²) in [6.45, 7) is 8.55. The minimum atomic E-state index is -2.61. The number of halogens is 2. The van der Waals surface area contributed by atoms with Crippen molar-refractivity contribution in [3.8, 4) is 5.75 Å². The Labute approximate surface area is 239 Å². The van der Waals surface area contributed by atoms with Crippen LogP contribution in [0.15, 0.2) is 42.6 Å². The average Bonchev–Trinajstić information content (AvgIpc) is 3.35. The molecule has 7 nitrogen and oxygen atoms in total. The molecule has 1 aliphatic carbocycles. The van der Waals surface area contributed by atoms with Gasteiger partial charge in [0.05, 0.1) is 25.3 Å². The summed E-state index contributed by atoms with van der Waals surface area (Å²) in [7, 11) is 2.96. The molecule has 0 amide bonds. The van der Waals surface area contributed by atoms with Gasteiger partial charge in [-0.1, -0.05) is 12.1 Å². The molecule has 2 heterocycles. The lowest BCUT2D eigenvalue weighted by Gasteiger charge is -2.54. The van der Waals surface area contributed by atoms with Gasteiger partial charge < -0.3 is 14.2 Å². The first-order valence-electron chi connectivity index (χ1n) is 14.0. The van der Waals surface area contributed by atoms with Gasteiger partial charge >= 0.3 is 12.1 Å². The van der Waals surface area contributed by atoms with Crippen LogP contribution in [-0.4, -0.2) is 53.8 Å². The number of rotatable bonds is 5. The fraction of sp³-hybridized carbons (Fsp3) is 0.500. The summed E-state index contributed by atoms with van der Waals surface area (Å²) in [4.78, 5) is 27.4. The Kier molecular flexibility index (Phi) is 7.39. The maximum Gasteiger partial charge on any atom is 0.419 e. The predicted octanol–water partition coefficient (Wildman–Crippen LogP) is 7.28. The molecule has 2 fully saturated rings. The molecule has 0 unspecified atom stereocenters. The van der Waals surface area contributed by atoms with Crippen molar-refractivity contribution >= 4 is 23.0 Å². The van der Waals surface area contributed by atoms with E-state index in [9.17, 15) is 18.4 Å². The van der Waals surface area contributed by atoms with Crippen molar-refractivity contribution < 1.29 is 32.6 Å². The Morgan fingerprint density at radius 3 is 2.34 bits per heavy atom. The second-order valence-corrected chi connectivity index (χ2v) is 12.6. The first-order valence-corrected chi connectivity index (χ1v) is 14.0. The number of methoxy groups -OCH3 is 2. The molecular formula is C32H38F2N2O5. The van der Waals surface area contributed by atoms with E-state index in [0.29, 0.717) is 37.2 Å². The number of piperidine rings is 1. The van der Waals surface area contributed by atoms with Crippen LogP contribution < -0.4 is 4.74 Å². The van der Waals surface area contributed by atoms with Gasteiger partial charge in [-0.2, -0.15) is 0 Å². The molecule has 0 radical (unpaired) electrons. The fourth-order valence-electron chi connectivity index (χ4n) is 6.60. The van der Waals surface area contributed by atoms with Crippen LogP contribution in [0.3, 0.4) is 0 Å². The molecule has 0 N–H and O–H groups in total. The highest BCUT2D eigenvalue weighted by Crippen LogP contribution is 2.60. The molecule has 1 atom stereocenters. The van der Waals surface area contributed by atoms with E-state index in [1.54, 1.807) is 25.4 Å². The van der Waals surface area contributed by atoms with E-state index in [4.69, 9.17) is 14.2 Å². The van der Waals surface area contributed by atoms with Crippen LogP contribution in [0.5, 0.6) is 5.75 Å². The summed E-state index contributed by atoms with van der Waals surface area (Å²) in [6.07, 6.45) is 2.34. The molecule has 1 spiro atoms. The number of alkyl halides is 2. The van der Waals surface area contributed by atoms with E-state index < -0.39 is 29.0 Å². The van der Waals surface area contributed by atoms with E-state index in [-0.39, 0.29) is 18.9 Å². The third-order valence-electron chi connectivity index (χ3n) is 8.38. The van der Waals surface area contributed by atoms with E-state index in [1.165, 1.54) is 11.7 Å². The third-order valence-corrected chi connectivity index (χ3v) is 8.38. The Morgan fingerprint density at radius 2 is 1.76 bits per heavy atom. The molecule has 1 saturated carbocycles. The highest BCUT2D eigenvalue weighted by atomic mass is 19.3. The fourth-order valence-corrected chi connectivity index (χ4v) is 6.60. The summed E-state index contributed by atoms with van der Waals surface area (Å²) in [5.74, 6) is -2.33. The minimum Gasteiger partial charge on any atom is -0.496 e. The number of aromatic nitrogens is 1. The maximum absolute atomic E-state index is 14.1. The van der Waals surface area contributed by atoms with Crippen molar-refractivity contribution in [3.05, 3.63) is 64.8 Å². The van der Waals surface area contributed by atoms with Crippen LogP contribution in [0, 0.1) is 12.3 Å². The molecule has 2 aromatic carbocycles. The van der Waals surface area contributed by atoms with Crippen LogP contribution in [0.25, 0.3) is 10.9 Å². The van der Waals surface area contributed by atoms with Crippen LogP contribution in [0.2, 0.25) is 0 Å². The first-order chi connectivity index (χ1) is 19.2. The SMILES string of the molecule is COC(=O)c1ccc([C@@H]2CC3(CCN2Cc2c(OC)cc(C)c4c2ccn4C(=O)OC(C)(C)C)CC(F)(F)C3)cc1. The Bertz CT molecular complexity index is 1460. The van der Waals surface area contributed by atoms with Crippen LogP contribution in [-0.2, 0) is 16.0 Å². The molecule has 220 valence electrons. The number of carbonyl (C=O) groups is 2. The van der Waals surface area contributed by atoms with E-state index in [0.717, 1.165) is 27.6 Å². The molecular weight excluding hydrogens is 530 g/mol. The number of hydrogen-bond acceptors (Lipinski definition) is 6.